The van der Waals surface area contributed by atoms with Crippen molar-refractivity contribution in [1.29, 1.82) is 0 Å². The lowest BCUT2D eigenvalue weighted by atomic mass is 10.0. The summed E-state index contributed by atoms with van der Waals surface area (Å²) in [5, 5.41) is 3.34. The average molecular weight is 274 g/mol. The fraction of sp³-hybridized carbons (Fsp3) is 0.588. The number of benzene rings is 1. The highest BCUT2D eigenvalue weighted by molar-refractivity contribution is 5.95. The Morgan fingerprint density at radius 1 is 1.30 bits per heavy atom. The normalized spacial score (nSPS) is 13.2. The van der Waals surface area contributed by atoms with E-state index in [-0.39, 0.29) is 5.91 Å². The number of anilines is 1. The summed E-state index contributed by atoms with van der Waals surface area (Å²) in [5.41, 5.74) is 3.27. The molecule has 1 aromatic carbocycles. The van der Waals surface area contributed by atoms with Crippen LogP contribution in [0.3, 0.4) is 0 Å². The Kier molecular flexibility index (Phi) is 5.05. The third kappa shape index (κ3) is 3.14. The molecule has 20 heavy (non-hydrogen) atoms. The number of nitrogens with one attached hydrogen (secondary N) is 1. The fourth-order valence-corrected chi connectivity index (χ4v) is 2.82. The highest BCUT2D eigenvalue weighted by atomic mass is 16.2. The van der Waals surface area contributed by atoms with Crippen LogP contribution in [0.2, 0.25) is 0 Å². The van der Waals surface area contributed by atoms with Gasteiger partial charge in [0.05, 0.1) is 0 Å². The van der Waals surface area contributed by atoms with Gasteiger partial charge >= 0.3 is 0 Å². The fourth-order valence-electron chi connectivity index (χ4n) is 2.82. The van der Waals surface area contributed by atoms with Gasteiger partial charge < -0.3 is 10.2 Å². The Bertz CT molecular complexity index is 466. The molecule has 1 heterocycles. The van der Waals surface area contributed by atoms with Crippen LogP contribution in [0.5, 0.6) is 0 Å². The summed E-state index contributed by atoms with van der Waals surface area (Å²) in [4.78, 5) is 14.6. The number of nitrogens with zero attached hydrogens (tertiary/aromatic N) is 1. The van der Waals surface area contributed by atoms with E-state index in [0.29, 0.717) is 5.92 Å². The van der Waals surface area contributed by atoms with Crippen LogP contribution in [0, 0.1) is 5.92 Å². The van der Waals surface area contributed by atoms with E-state index in [9.17, 15) is 4.79 Å². The smallest absolute Gasteiger partial charge is 0.253 e. The Morgan fingerprint density at radius 2 is 2.05 bits per heavy atom. The topological polar surface area (TPSA) is 32.3 Å². The van der Waals surface area contributed by atoms with E-state index in [1.807, 2.05) is 17.0 Å². The summed E-state index contributed by atoms with van der Waals surface area (Å²) in [6, 6.07) is 6.08. The van der Waals surface area contributed by atoms with E-state index in [2.05, 4.69) is 32.2 Å². The zero-order valence-corrected chi connectivity index (χ0v) is 12.9. The number of carbonyl (C=O) groups excluding carboxylic acids is 1. The Morgan fingerprint density at radius 3 is 2.70 bits per heavy atom. The molecule has 0 aromatic heterocycles. The van der Waals surface area contributed by atoms with Crippen molar-refractivity contribution < 1.29 is 4.79 Å². The van der Waals surface area contributed by atoms with E-state index >= 15 is 0 Å². The standard InChI is InChI=1S/C17H26N2O/c1-4-13(5-2)12-19(6-3)17(20)15-8-7-14-9-10-18-16(14)11-15/h7-8,11,13,18H,4-6,9-10,12H2,1-3H3. The maximum Gasteiger partial charge on any atom is 0.253 e. The Labute approximate surface area is 122 Å². The van der Waals surface area contributed by atoms with Crippen LogP contribution >= 0.6 is 0 Å². The van der Waals surface area contributed by atoms with Crippen LogP contribution < -0.4 is 5.32 Å². The SMILES string of the molecule is CCC(CC)CN(CC)C(=O)c1ccc2c(c1)NCC2. The molecule has 2 rings (SSSR count). The number of amides is 1. The van der Waals surface area contributed by atoms with Gasteiger partial charge in [0.1, 0.15) is 0 Å². The summed E-state index contributed by atoms with van der Waals surface area (Å²) in [6.07, 6.45) is 3.33. The minimum absolute atomic E-state index is 0.163. The minimum Gasteiger partial charge on any atom is -0.384 e. The van der Waals surface area contributed by atoms with Crippen molar-refractivity contribution >= 4 is 11.6 Å². The van der Waals surface area contributed by atoms with E-state index in [1.54, 1.807) is 0 Å². The predicted octanol–water partition coefficient (Wildman–Crippen LogP) is 3.55. The van der Waals surface area contributed by atoms with Crippen LogP contribution in [-0.2, 0) is 6.42 Å². The molecule has 110 valence electrons. The molecule has 0 radical (unpaired) electrons. The maximum absolute atomic E-state index is 12.6. The highest BCUT2D eigenvalue weighted by Gasteiger charge is 2.19. The number of carbonyl (C=O) groups is 1. The summed E-state index contributed by atoms with van der Waals surface area (Å²) in [6.45, 7) is 9.09. The first-order valence-electron chi connectivity index (χ1n) is 7.85. The predicted molar refractivity (Wildman–Crippen MR) is 84.3 cm³/mol. The maximum atomic E-state index is 12.6. The van der Waals surface area contributed by atoms with Gasteiger partial charge in [0.15, 0.2) is 0 Å². The molecule has 0 fully saturated rings. The molecule has 3 heteroatoms. The highest BCUT2D eigenvalue weighted by Crippen LogP contribution is 2.24. The first-order valence-corrected chi connectivity index (χ1v) is 7.85. The van der Waals surface area contributed by atoms with Crippen LogP contribution in [0.4, 0.5) is 5.69 Å². The molecule has 1 amide bonds. The lowest BCUT2D eigenvalue weighted by molar-refractivity contribution is 0.0735. The molecule has 1 aromatic rings. The molecule has 0 unspecified atom stereocenters. The molecular weight excluding hydrogens is 248 g/mol. The Balaban J connectivity index is 2.12. The van der Waals surface area contributed by atoms with Crippen LogP contribution in [0.25, 0.3) is 0 Å². The first kappa shape index (κ1) is 14.9. The first-order chi connectivity index (χ1) is 9.69. The summed E-state index contributed by atoms with van der Waals surface area (Å²) in [5.74, 6) is 0.766. The van der Waals surface area contributed by atoms with Gasteiger partial charge in [0.2, 0.25) is 0 Å². The second-order valence-electron chi connectivity index (χ2n) is 5.58. The Hall–Kier alpha value is -1.51. The monoisotopic (exact) mass is 274 g/mol. The van der Waals surface area contributed by atoms with Gasteiger partial charge in [-0.15, -0.1) is 0 Å². The molecule has 3 nitrogen and oxygen atoms in total. The molecule has 0 bridgehead atoms. The van der Waals surface area contributed by atoms with Gasteiger partial charge in [0, 0.05) is 30.9 Å². The van der Waals surface area contributed by atoms with Crippen molar-refractivity contribution in [3.8, 4) is 0 Å². The van der Waals surface area contributed by atoms with E-state index in [1.165, 1.54) is 5.56 Å². The molecular formula is C17H26N2O. The lowest BCUT2D eigenvalue weighted by Crippen LogP contribution is -2.35. The van der Waals surface area contributed by atoms with Gasteiger partial charge in [0.25, 0.3) is 5.91 Å². The van der Waals surface area contributed by atoms with Crippen molar-refractivity contribution in [1.82, 2.24) is 4.90 Å². The summed E-state index contributed by atoms with van der Waals surface area (Å²) in [7, 11) is 0. The number of hydrogen-bond acceptors (Lipinski definition) is 2. The second-order valence-corrected chi connectivity index (χ2v) is 5.58. The molecule has 0 saturated carbocycles. The summed E-state index contributed by atoms with van der Waals surface area (Å²) < 4.78 is 0. The number of fused-ring (bicyclic) bond motifs is 1. The largest absolute Gasteiger partial charge is 0.384 e. The number of hydrogen-bond donors (Lipinski definition) is 1. The molecule has 0 spiro atoms. The van der Waals surface area contributed by atoms with E-state index in [4.69, 9.17) is 0 Å². The third-order valence-corrected chi connectivity index (χ3v) is 4.37. The minimum atomic E-state index is 0.163. The van der Waals surface area contributed by atoms with Crippen molar-refractivity contribution in [2.24, 2.45) is 5.92 Å². The molecule has 0 saturated heterocycles. The van der Waals surface area contributed by atoms with Crippen LogP contribution in [-0.4, -0.2) is 30.4 Å². The average Bonchev–Trinajstić information content (AvgIpc) is 2.95. The third-order valence-electron chi connectivity index (χ3n) is 4.37. The van der Waals surface area contributed by atoms with Gasteiger partial charge in [-0.3, -0.25) is 4.79 Å². The molecule has 1 N–H and O–H groups in total. The van der Waals surface area contributed by atoms with Crippen LogP contribution in [0.15, 0.2) is 18.2 Å². The van der Waals surface area contributed by atoms with E-state index < -0.39 is 0 Å². The zero-order valence-electron chi connectivity index (χ0n) is 12.9. The van der Waals surface area contributed by atoms with Gasteiger partial charge in [-0.25, -0.2) is 0 Å². The van der Waals surface area contributed by atoms with Gasteiger partial charge in [-0.05, 0) is 37.0 Å². The molecule has 1 aliphatic heterocycles. The number of rotatable bonds is 6. The van der Waals surface area contributed by atoms with Crippen molar-refractivity contribution in [3.05, 3.63) is 29.3 Å². The van der Waals surface area contributed by atoms with Crippen molar-refractivity contribution in [2.45, 2.75) is 40.0 Å². The molecule has 0 atom stereocenters. The molecule has 0 aliphatic carbocycles. The second kappa shape index (κ2) is 6.78. The lowest BCUT2D eigenvalue weighted by Gasteiger charge is -2.25. The van der Waals surface area contributed by atoms with Crippen molar-refractivity contribution in [3.63, 3.8) is 0 Å². The van der Waals surface area contributed by atoms with Crippen LogP contribution in [0.1, 0.15) is 49.5 Å². The van der Waals surface area contributed by atoms with Gasteiger partial charge in [-0.2, -0.15) is 0 Å². The van der Waals surface area contributed by atoms with Gasteiger partial charge in [-0.1, -0.05) is 32.8 Å². The quantitative estimate of drug-likeness (QED) is 0.860. The van der Waals surface area contributed by atoms with Crippen molar-refractivity contribution in [2.75, 3.05) is 25.0 Å². The molecule has 1 aliphatic rings. The zero-order chi connectivity index (χ0) is 14.5. The summed E-state index contributed by atoms with van der Waals surface area (Å²) >= 11 is 0. The van der Waals surface area contributed by atoms with E-state index in [0.717, 1.165) is 50.1 Å².